The Hall–Kier alpha value is -2.49. The molecule has 4 rings (SSSR count). The van der Waals surface area contributed by atoms with Gasteiger partial charge in [0.05, 0.1) is 15.1 Å². The lowest BCUT2D eigenvalue weighted by Crippen LogP contribution is -2.30. The summed E-state index contributed by atoms with van der Waals surface area (Å²) in [6.07, 6.45) is 1.77. The highest BCUT2D eigenvalue weighted by Crippen LogP contribution is 2.29. The molecule has 0 unspecified atom stereocenters. The summed E-state index contributed by atoms with van der Waals surface area (Å²) < 4.78 is 27.7. The number of nitrogens with zero attached hydrogens (tertiary/aromatic N) is 2. The van der Waals surface area contributed by atoms with Gasteiger partial charge >= 0.3 is 0 Å². The third kappa shape index (κ3) is 3.98. The van der Waals surface area contributed by atoms with E-state index < -0.39 is 10.0 Å². The first-order valence-corrected chi connectivity index (χ1v) is 11.6. The molecule has 29 heavy (non-hydrogen) atoms. The fourth-order valence-corrected chi connectivity index (χ4v) is 5.85. The number of sulfonamides is 1. The van der Waals surface area contributed by atoms with Crippen molar-refractivity contribution >= 4 is 42.6 Å². The zero-order valence-corrected chi connectivity index (χ0v) is 17.9. The summed E-state index contributed by atoms with van der Waals surface area (Å²) in [7, 11) is -3.48. The van der Waals surface area contributed by atoms with E-state index in [9.17, 15) is 13.2 Å². The molecular formula is C20H22N4O3S2. The van der Waals surface area contributed by atoms with Crippen molar-refractivity contribution in [2.45, 2.75) is 31.6 Å². The van der Waals surface area contributed by atoms with Crippen molar-refractivity contribution in [3.63, 3.8) is 0 Å². The minimum Gasteiger partial charge on any atom is -0.273 e. The minimum atomic E-state index is -3.48. The van der Waals surface area contributed by atoms with Crippen molar-refractivity contribution in [1.29, 1.82) is 0 Å². The number of thiazole rings is 1. The highest BCUT2D eigenvalue weighted by atomic mass is 32.2. The SMILES string of the molecule is Cc1cc(C)c2sc(NNC(=O)c3ccc(S(=O)(=O)N4CCCC4)cc3)nc2c1. The molecular weight excluding hydrogens is 408 g/mol. The van der Waals surface area contributed by atoms with E-state index in [1.54, 1.807) is 0 Å². The van der Waals surface area contributed by atoms with Gasteiger partial charge in [0.2, 0.25) is 15.2 Å². The number of hydrogen-bond donors (Lipinski definition) is 2. The van der Waals surface area contributed by atoms with Gasteiger partial charge in [-0.1, -0.05) is 17.4 Å². The van der Waals surface area contributed by atoms with Gasteiger partial charge < -0.3 is 0 Å². The highest BCUT2D eigenvalue weighted by Gasteiger charge is 2.27. The molecule has 9 heteroatoms. The van der Waals surface area contributed by atoms with Crippen LogP contribution < -0.4 is 10.9 Å². The van der Waals surface area contributed by atoms with Gasteiger partial charge in [-0.25, -0.2) is 13.4 Å². The number of anilines is 1. The van der Waals surface area contributed by atoms with Crippen LogP contribution in [0.25, 0.3) is 10.2 Å². The Balaban J connectivity index is 1.44. The molecule has 1 aliphatic rings. The van der Waals surface area contributed by atoms with Crippen LogP contribution in [0.15, 0.2) is 41.3 Å². The lowest BCUT2D eigenvalue weighted by Gasteiger charge is -2.15. The van der Waals surface area contributed by atoms with Crippen molar-refractivity contribution in [2.24, 2.45) is 0 Å². The third-order valence-electron chi connectivity index (χ3n) is 4.92. The standard InChI is InChI=1S/C20H22N4O3S2/c1-13-11-14(2)18-17(12-13)21-20(28-18)23-22-19(25)15-5-7-16(8-6-15)29(26,27)24-9-3-4-10-24/h5-8,11-12H,3-4,9-10H2,1-2H3,(H,21,23)(H,22,25). The topological polar surface area (TPSA) is 91.4 Å². The van der Waals surface area contributed by atoms with Gasteiger partial charge in [-0.2, -0.15) is 4.31 Å². The van der Waals surface area contributed by atoms with Crippen LogP contribution in [0.4, 0.5) is 5.13 Å². The number of carbonyl (C=O) groups is 1. The first-order chi connectivity index (χ1) is 13.8. The molecule has 1 aliphatic heterocycles. The molecule has 0 atom stereocenters. The fraction of sp³-hybridized carbons (Fsp3) is 0.300. The summed E-state index contributed by atoms with van der Waals surface area (Å²) in [5.74, 6) is -0.359. The molecule has 1 amide bonds. The van der Waals surface area contributed by atoms with Crippen molar-refractivity contribution in [1.82, 2.24) is 14.7 Å². The molecule has 2 aromatic carbocycles. The number of fused-ring (bicyclic) bond motifs is 1. The molecule has 0 bridgehead atoms. The van der Waals surface area contributed by atoms with E-state index in [1.165, 1.54) is 39.9 Å². The Labute approximate surface area is 173 Å². The van der Waals surface area contributed by atoms with Gasteiger partial charge in [-0.3, -0.25) is 15.6 Å². The molecule has 0 spiro atoms. The van der Waals surface area contributed by atoms with E-state index >= 15 is 0 Å². The number of hydrazine groups is 1. The zero-order chi connectivity index (χ0) is 20.6. The summed E-state index contributed by atoms with van der Waals surface area (Å²) in [5, 5.41) is 0.593. The maximum atomic E-state index is 12.6. The van der Waals surface area contributed by atoms with E-state index in [0.29, 0.717) is 23.8 Å². The van der Waals surface area contributed by atoms with Gasteiger partial charge in [-0.05, 0) is 68.1 Å². The summed E-state index contributed by atoms with van der Waals surface area (Å²) in [4.78, 5) is 17.1. The Bertz CT molecular complexity index is 1160. The third-order valence-corrected chi connectivity index (χ3v) is 7.96. The van der Waals surface area contributed by atoms with Gasteiger partial charge in [0.15, 0.2) is 0 Å². The molecule has 7 nitrogen and oxygen atoms in total. The molecule has 2 heterocycles. The molecule has 1 aromatic heterocycles. The first kappa shape index (κ1) is 19.8. The van der Waals surface area contributed by atoms with Crippen molar-refractivity contribution < 1.29 is 13.2 Å². The van der Waals surface area contributed by atoms with Crippen LogP contribution in [-0.2, 0) is 10.0 Å². The van der Waals surface area contributed by atoms with Crippen LogP contribution in [-0.4, -0.2) is 36.7 Å². The van der Waals surface area contributed by atoms with Crippen LogP contribution in [0.5, 0.6) is 0 Å². The smallest absolute Gasteiger partial charge is 0.269 e. The summed E-state index contributed by atoms with van der Waals surface area (Å²) in [5.41, 5.74) is 9.01. The second kappa shape index (κ2) is 7.74. The molecule has 3 aromatic rings. The number of aromatic nitrogens is 1. The number of aryl methyl sites for hydroxylation is 2. The average Bonchev–Trinajstić information content (AvgIpc) is 3.36. The Morgan fingerprint density at radius 3 is 2.48 bits per heavy atom. The zero-order valence-electron chi connectivity index (χ0n) is 16.2. The second-order valence-electron chi connectivity index (χ2n) is 7.16. The molecule has 0 saturated carbocycles. The van der Waals surface area contributed by atoms with E-state index in [0.717, 1.165) is 34.2 Å². The van der Waals surface area contributed by atoms with Crippen LogP contribution in [0.2, 0.25) is 0 Å². The Kier molecular flexibility index (Phi) is 5.28. The summed E-state index contributed by atoms with van der Waals surface area (Å²) in [6.45, 7) is 5.16. The lowest BCUT2D eigenvalue weighted by atomic mass is 10.1. The van der Waals surface area contributed by atoms with Crippen LogP contribution in [0, 0.1) is 13.8 Å². The number of amides is 1. The monoisotopic (exact) mass is 430 g/mol. The normalized spacial score (nSPS) is 15.0. The second-order valence-corrected chi connectivity index (χ2v) is 10.1. The predicted octanol–water partition coefficient (Wildman–Crippen LogP) is 3.45. The maximum absolute atomic E-state index is 12.6. The molecule has 0 radical (unpaired) electrons. The van der Waals surface area contributed by atoms with Crippen LogP contribution in [0.1, 0.15) is 34.3 Å². The largest absolute Gasteiger partial charge is 0.273 e. The van der Waals surface area contributed by atoms with E-state index in [1.807, 2.05) is 19.9 Å². The van der Waals surface area contributed by atoms with Crippen LogP contribution in [0.3, 0.4) is 0 Å². The number of nitrogens with one attached hydrogen (secondary N) is 2. The van der Waals surface area contributed by atoms with Gasteiger partial charge in [-0.15, -0.1) is 0 Å². The fourth-order valence-electron chi connectivity index (χ4n) is 3.47. The molecule has 2 N–H and O–H groups in total. The number of rotatable bonds is 5. The van der Waals surface area contributed by atoms with E-state index in [-0.39, 0.29) is 10.8 Å². The van der Waals surface area contributed by atoms with Crippen molar-refractivity contribution in [2.75, 3.05) is 18.5 Å². The van der Waals surface area contributed by atoms with Crippen LogP contribution >= 0.6 is 11.3 Å². The molecule has 152 valence electrons. The predicted molar refractivity (Wildman–Crippen MR) is 115 cm³/mol. The molecule has 0 aliphatic carbocycles. The average molecular weight is 431 g/mol. The minimum absolute atomic E-state index is 0.209. The van der Waals surface area contributed by atoms with Gasteiger partial charge in [0.1, 0.15) is 0 Å². The number of hydrogen-bond acceptors (Lipinski definition) is 6. The molecule has 1 fully saturated rings. The number of carbonyl (C=O) groups excluding carboxylic acids is 1. The first-order valence-electron chi connectivity index (χ1n) is 9.39. The van der Waals surface area contributed by atoms with Gasteiger partial charge in [0, 0.05) is 18.7 Å². The number of benzene rings is 2. The van der Waals surface area contributed by atoms with Crippen molar-refractivity contribution in [3.05, 3.63) is 53.1 Å². The highest BCUT2D eigenvalue weighted by molar-refractivity contribution is 7.89. The Morgan fingerprint density at radius 2 is 1.79 bits per heavy atom. The molecule has 1 saturated heterocycles. The van der Waals surface area contributed by atoms with E-state index in [4.69, 9.17) is 0 Å². The lowest BCUT2D eigenvalue weighted by molar-refractivity contribution is 0.0962. The quantitative estimate of drug-likeness (QED) is 0.605. The Morgan fingerprint density at radius 1 is 1.10 bits per heavy atom. The van der Waals surface area contributed by atoms with Crippen molar-refractivity contribution in [3.8, 4) is 0 Å². The maximum Gasteiger partial charge on any atom is 0.269 e. The summed E-state index contributed by atoms with van der Waals surface area (Å²) >= 11 is 1.47. The van der Waals surface area contributed by atoms with E-state index in [2.05, 4.69) is 21.9 Å². The summed E-state index contributed by atoms with van der Waals surface area (Å²) in [6, 6.07) is 10.1. The van der Waals surface area contributed by atoms with Gasteiger partial charge in [0.25, 0.3) is 5.91 Å².